The van der Waals surface area contributed by atoms with Crippen molar-refractivity contribution in [3.05, 3.63) is 36.3 Å². The Labute approximate surface area is 209 Å². The van der Waals surface area contributed by atoms with Crippen molar-refractivity contribution in [3.63, 3.8) is 0 Å². The number of rotatable bonds is 11. The molecule has 1 saturated heterocycles. The molecule has 2 rings (SSSR count). The summed E-state index contributed by atoms with van der Waals surface area (Å²) in [5.41, 5.74) is 0.0371. The monoisotopic (exact) mass is 487 g/mol. The lowest BCUT2D eigenvalue weighted by Crippen LogP contribution is -2.52. The van der Waals surface area contributed by atoms with Crippen LogP contribution in [-0.2, 0) is 14.3 Å². The van der Waals surface area contributed by atoms with Crippen LogP contribution in [0.4, 0.5) is 4.79 Å². The van der Waals surface area contributed by atoms with Gasteiger partial charge < -0.3 is 24.5 Å². The molecule has 2 aliphatic rings. The molecule has 0 aromatic carbocycles. The van der Waals surface area contributed by atoms with E-state index in [1.807, 2.05) is 45.9 Å². The van der Waals surface area contributed by atoms with Crippen LogP contribution in [0.2, 0.25) is 0 Å². The van der Waals surface area contributed by atoms with Crippen molar-refractivity contribution in [2.24, 2.45) is 9.98 Å². The van der Waals surface area contributed by atoms with E-state index in [4.69, 9.17) is 9.47 Å². The zero-order valence-corrected chi connectivity index (χ0v) is 21.8. The first-order valence-electron chi connectivity index (χ1n) is 12.3. The fourth-order valence-corrected chi connectivity index (χ4v) is 3.88. The molecule has 1 atom stereocenters. The molecule has 1 unspecified atom stereocenters. The van der Waals surface area contributed by atoms with E-state index in [0.29, 0.717) is 18.8 Å². The molecular formula is C26H41N5O4. The van der Waals surface area contributed by atoms with Gasteiger partial charge in [-0.15, -0.1) is 0 Å². The Bertz CT molecular complexity index is 846. The van der Waals surface area contributed by atoms with E-state index in [2.05, 4.69) is 25.5 Å². The predicted molar refractivity (Wildman–Crippen MR) is 140 cm³/mol. The van der Waals surface area contributed by atoms with E-state index in [0.717, 1.165) is 50.9 Å². The summed E-state index contributed by atoms with van der Waals surface area (Å²) in [5.74, 6) is 0.623. The van der Waals surface area contributed by atoms with Crippen LogP contribution in [-0.4, -0.2) is 72.8 Å². The van der Waals surface area contributed by atoms with Crippen LogP contribution in [0.1, 0.15) is 60.3 Å². The second-order valence-electron chi connectivity index (χ2n) is 9.84. The average Bonchev–Trinajstić information content (AvgIpc) is 3.23. The first-order chi connectivity index (χ1) is 16.6. The Morgan fingerprint density at radius 3 is 2.74 bits per heavy atom. The third-order valence-corrected chi connectivity index (χ3v) is 5.60. The summed E-state index contributed by atoms with van der Waals surface area (Å²) >= 11 is 0. The third-order valence-electron chi connectivity index (χ3n) is 5.60. The van der Waals surface area contributed by atoms with Crippen molar-refractivity contribution in [2.75, 3.05) is 26.2 Å². The van der Waals surface area contributed by atoms with Gasteiger partial charge in [0.15, 0.2) is 0 Å². The van der Waals surface area contributed by atoms with Crippen LogP contribution in [0, 0.1) is 0 Å². The number of aldehydes is 1. The molecule has 9 nitrogen and oxygen atoms in total. The number of aliphatic imine (C=N–C) groups is 2. The van der Waals surface area contributed by atoms with Gasteiger partial charge in [0.05, 0.1) is 5.60 Å². The number of carbonyl (C=O) groups is 2. The number of nitrogens with one attached hydrogen (secondary N) is 2. The second-order valence-corrected chi connectivity index (χ2v) is 9.84. The normalized spacial score (nSPS) is 19.7. The van der Waals surface area contributed by atoms with Gasteiger partial charge in [0.1, 0.15) is 23.8 Å². The molecule has 1 amide bonds. The van der Waals surface area contributed by atoms with E-state index in [9.17, 15) is 9.59 Å². The number of nitrogens with zero attached hydrogens (tertiary/aromatic N) is 3. The fourth-order valence-electron chi connectivity index (χ4n) is 3.88. The molecule has 0 radical (unpaired) electrons. The first-order valence-corrected chi connectivity index (χ1v) is 12.3. The summed E-state index contributed by atoms with van der Waals surface area (Å²) in [4.78, 5) is 34.2. The summed E-state index contributed by atoms with van der Waals surface area (Å²) in [5, 5.41) is 6.01. The molecule has 9 heteroatoms. The Kier molecular flexibility index (Phi) is 11.3. The summed E-state index contributed by atoms with van der Waals surface area (Å²) in [7, 11) is 0. The Balaban J connectivity index is 1.81. The first kappa shape index (κ1) is 28.5. The van der Waals surface area contributed by atoms with E-state index < -0.39 is 23.4 Å². The van der Waals surface area contributed by atoms with Gasteiger partial charge in [-0.05, 0) is 53.5 Å². The standard InChI is InChI=1S/C26H41N5O4/c1-6-7-13-27-14-15-28-20-26(34-21(2)19-32)11-17-31(18-12-26)16-10-22-8-9-23(29-22)30-24(33)35-25(3,4)5/h6-8,13-15,19,21,28H,9-12,16-18,20H2,1-5H3,(H,29,30,33)/b7-6+,15-14+,27-13+. The van der Waals surface area contributed by atoms with Crippen molar-refractivity contribution in [1.82, 2.24) is 15.5 Å². The van der Waals surface area contributed by atoms with Crippen molar-refractivity contribution in [2.45, 2.75) is 77.6 Å². The summed E-state index contributed by atoms with van der Waals surface area (Å²) < 4.78 is 11.4. The smallest absolute Gasteiger partial charge is 0.413 e. The Morgan fingerprint density at radius 2 is 2.09 bits per heavy atom. The minimum absolute atomic E-state index is 0.399. The molecule has 0 aromatic rings. The van der Waals surface area contributed by atoms with Crippen molar-refractivity contribution in [1.29, 1.82) is 0 Å². The maximum Gasteiger partial charge on any atom is 0.413 e. The molecule has 0 spiro atoms. The van der Waals surface area contributed by atoms with E-state index >= 15 is 0 Å². The second kappa shape index (κ2) is 13.9. The van der Waals surface area contributed by atoms with Gasteiger partial charge in [-0.1, -0.05) is 12.2 Å². The molecule has 0 aromatic heterocycles. The number of amidine groups is 1. The van der Waals surface area contributed by atoms with Crippen LogP contribution in [0.15, 0.2) is 46.3 Å². The minimum Gasteiger partial charge on any atom is -0.444 e. The highest BCUT2D eigenvalue weighted by atomic mass is 16.6. The average molecular weight is 488 g/mol. The lowest BCUT2D eigenvalue weighted by atomic mass is 9.90. The quantitative estimate of drug-likeness (QED) is 0.340. The molecule has 2 N–H and O–H groups in total. The molecule has 194 valence electrons. The largest absolute Gasteiger partial charge is 0.444 e. The van der Waals surface area contributed by atoms with E-state index in [1.54, 1.807) is 25.5 Å². The zero-order valence-electron chi connectivity index (χ0n) is 21.8. The predicted octanol–water partition coefficient (Wildman–Crippen LogP) is 3.73. The van der Waals surface area contributed by atoms with Crippen LogP contribution < -0.4 is 10.6 Å². The topological polar surface area (TPSA) is 105 Å². The van der Waals surface area contributed by atoms with E-state index in [1.165, 1.54) is 0 Å². The van der Waals surface area contributed by atoms with Crippen LogP contribution in [0.3, 0.4) is 0 Å². The number of hydrogen-bond donors (Lipinski definition) is 2. The van der Waals surface area contributed by atoms with Crippen molar-refractivity contribution in [3.8, 4) is 0 Å². The van der Waals surface area contributed by atoms with Gasteiger partial charge in [0, 0.05) is 63.3 Å². The molecule has 1 fully saturated rings. The van der Waals surface area contributed by atoms with E-state index in [-0.39, 0.29) is 0 Å². The number of ether oxygens (including phenoxy) is 2. The van der Waals surface area contributed by atoms with Crippen LogP contribution >= 0.6 is 0 Å². The molecule has 0 bridgehead atoms. The number of piperidine rings is 1. The summed E-state index contributed by atoms with van der Waals surface area (Å²) in [6.45, 7) is 12.5. The van der Waals surface area contributed by atoms with Gasteiger partial charge in [-0.2, -0.15) is 0 Å². The number of alkyl carbamates (subject to hydrolysis) is 1. The SMILES string of the molecule is C/C=C/C=N/C=C/NCC1(OC(C)C=O)CCN(CCC2=CCC(NC(=O)OC(C)(C)C)=N2)CC1. The maximum absolute atomic E-state index is 11.9. The number of hydrogen-bond acceptors (Lipinski definition) is 8. The maximum atomic E-state index is 11.9. The Hall–Kier alpha value is -2.78. The fraction of sp³-hybridized carbons (Fsp3) is 0.615. The van der Waals surface area contributed by atoms with Crippen LogP contribution in [0.25, 0.3) is 0 Å². The molecule has 35 heavy (non-hydrogen) atoms. The number of amides is 1. The zero-order chi connectivity index (χ0) is 25.7. The van der Waals surface area contributed by atoms with Gasteiger partial charge in [0.2, 0.25) is 0 Å². The minimum atomic E-state index is -0.539. The van der Waals surface area contributed by atoms with Gasteiger partial charge in [0.25, 0.3) is 0 Å². The highest BCUT2D eigenvalue weighted by molar-refractivity contribution is 5.97. The van der Waals surface area contributed by atoms with Gasteiger partial charge >= 0.3 is 6.09 Å². The van der Waals surface area contributed by atoms with Crippen LogP contribution in [0.5, 0.6) is 0 Å². The molecule has 2 heterocycles. The number of allylic oxidation sites excluding steroid dienone is 2. The molecule has 2 aliphatic heterocycles. The number of carbonyl (C=O) groups excluding carboxylic acids is 2. The molecule has 0 aliphatic carbocycles. The lowest BCUT2D eigenvalue weighted by Gasteiger charge is -2.42. The highest BCUT2D eigenvalue weighted by Gasteiger charge is 2.36. The molecular weight excluding hydrogens is 446 g/mol. The van der Waals surface area contributed by atoms with Crippen molar-refractivity contribution < 1.29 is 19.1 Å². The van der Waals surface area contributed by atoms with Gasteiger partial charge in [-0.25, -0.2) is 9.79 Å². The summed E-state index contributed by atoms with van der Waals surface area (Å²) in [6.07, 6.45) is 14.0. The lowest BCUT2D eigenvalue weighted by molar-refractivity contribution is -0.139. The van der Waals surface area contributed by atoms with Gasteiger partial charge in [-0.3, -0.25) is 10.3 Å². The summed E-state index contributed by atoms with van der Waals surface area (Å²) in [6, 6.07) is 0. The molecule has 0 saturated carbocycles. The Morgan fingerprint density at radius 1 is 1.34 bits per heavy atom. The third kappa shape index (κ3) is 11.0. The highest BCUT2D eigenvalue weighted by Crippen LogP contribution is 2.28. The number of likely N-dealkylation sites (tertiary alicyclic amines) is 1. The van der Waals surface area contributed by atoms with Crippen molar-refractivity contribution >= 4 is 24.4 Å².